The first kappa shape index (κ1) is 25.9. The zero-order valence-corrected chi connectivity index (χ0v) is 19.0. The van der Waals surface area contributed by atoms with Gasteiger partial charge in [0.15, 0.2) is 0 Å². The summed E-state index contributed by atoms with van der Waals surface area (Å²) < 4.78 is 4.40. The maximum Gasteiger partial charge on any atom is 0.366 e. The molecule has 29 heavy (non-hydrogen) atoms. The zero-order valence-electron chi connectivity index (χ0n) is 19.0. The van der Waals surface area contributed by atoms with E-state index in [9.17, 15) is 15.0 Å². The van der Waals surface area contributed by atoms with Gasteiger partial charge in [0.25, 0.3) is 5.79 Å². The van der Waals surface area contributed by atoms with E-state index in [0.29, 0.717) is 24.2 Å². The molecule has 2 N–H and O–H groups in total. The summed E-state index contributed by atoms with van der Waals surface area (Å²) in [6, 6.07) is 0. The van der Waals surface area contributed by atoms with Gasteiger partial charge in [-0.25, -0.2) is 4.79 Å². The van der Waals surface area contributed by atoms with E-state index < -0.39 is 11.8 Å². The molecule has 1 saturated carbocycles. The number of carbonyl (C=O) groups excluding carboxylic acids is 1. The number of esters is 1. The summed E-state index contributed by atoms with van der Waals surface area (Å²) in [5.74, 6) is -1.45. The summed E-state index contributed by atoms with van der Waals surface area (Å²) >= 11 is 0. The molecule has 0 amide bonds. The lowest BCUT2D eigenvalue weighted by molar-refractivity contribution is -0.208. The zero-order chi connectivity index (χ0) is 21.7. The molecule has 5 nitrogen and oxygen atoms in total. The standard InChI is InChI=1S/C24H43NO4/c1-5-6-7-8-9-12-15-22-20(16-17-21(22)19-25(2)3)14-11-10-13-18-24(27,28)23(26)29-4/h10-12,15,20-22,27-28H,5-9,13-14,16-19H2,1-4H3/b11-10-,15-12+/t20-,21-,22+/m0/s1. The second-order valence-corrected chi connectivity index (χ2v) is 8.77. The maximum absolute atomic E-state index is 11.3. The van der Waals surface area contributed by atoms with Gasteiger partial charge in [-0.05, 0) is 70.4 Å². The monoisotopic (exact) mass is 409 g/mol. The lowest BCUT2D eigenvalue weighted by Crippen LogP contribution is -2.39. The van der Waals surface area contributed by atoms with Crippen LogP contribution < -0.4 is 0 Å². The predicted molar refractivity (Wildman–Crippen MR) is 118 cm³/mol. The molecule has 0 spiro atoms. The smallest absolute Gasteiger partial charge is 0.366 e. The third-order valence-electron chi connectivity index (χ3n) is 5.96. The molecule has 0 radical (unpaired) electrons. The Kier molecular flexibility index (Phi) is 12.4. The normalized spacial score (nSPS) is 22.9. The summed E-state index contributed by atoms with van der Waals surface area (Å²) in [4.78, 5) is 13.6. The SMILES string of the molecule is CCCCCC/C=C/[C@@H]1[C@@H](C/C=C\CCC(O)(O)C(=O)OC)CC[C@H]1CN(C)C. The number of allylic oxidation sites excluding steroid dienone is 4. The van der Waals surface area contributed by atoms with Crippen LogP contribution in [0.1, 0.15) is 71.1 Å². The minimum Gasteiger partial charge on any atom is -0.465 e. The Morgan fingerprint density at radius 2 is 1.79 bits per heavy atom. The Hall–Kier alpha value is -1.17. The van der Waals surface area contributed by atoms with Gasteiger partial charge in [-0.3, -0.25) is 0 Å². The minimum atomic E-state index is -2.40. The molecule has 0 saturated heterocycles. The largest absolute Gasteiger partial charge is 0.465 e. The molecule has 0 unspecified atom stereocenters. The van der Waals surface area contributed by atoms with Crippen molar-refractivity contribution in [3.8, 4) is 0 Å². The van der Waals surface area contributed by atoms with Crippen molar-refractivity contribution in [1.82, 2.24) is 4.90 Å². The van der Waals surface area contributed by atoms with Crippen molar-refractivity contribution >= 4 is 5.97 Å². The van der Waals surface area contributed by atoms with Gasteiger partial charge >= 0.3 is 5.97 Å². The van der Waals surface area contributed by atoms with Crippen LogP contribution in [-0.2, 0) is 9.53 Å². The summed E-state index contributed by atoms with van der Waals surface area (Å²) in [6.07, 6.45) is 19.2. The molecule has 3 atom stereocenters. The minimum absolute atomic E-state index is 0.0504. The van der Waals surface area contributed by atoms with Crippen LogP contribution in [0, 0.1) is 17.8 Å². The number of hydrogen-bond acceptors (Lipinski definition) is 5. The van der Waals surface area contributed by atoms with E-state index in [4.69, 9.17) is 0 Å². The molecule has 1 aliphatic rings. The molecule has 1 rings (SSSR count). The lowest BCUT2D eigenvalue weighted by atomic mass is 9.86. The lowest BCUT2D eigenvalue weighted by Gasteiger charge is -2.24. The third-order valence-corrected chi connectivity index (χ3v) is 5.96. The molecule has 0 heterocycles. The molecular formula is C24H43NO4. The van der Waals surface area contributed by atoms with Crippen molar-refractivity contribution < 1.29 is 19.7 Å². The van der Waals surface area contributed by atoms with E-state index >= 15 is 0 Å². The van der Waals surface area contributed by atoms with Crippen molar-refractivity contribution in [2.45, 2.75) is 76.9 Å². The van der Waals surface area contributed by atoms with Gasteiger partial charge < -0.3 is 19.8 Å². The summed E-state index contributed by atoms with van der Waals surface area (Å²) in [5.41, 5.74) is 0. The highest BCUT2D eigenvalue weighted by Crippen LogP contribution is 2.40. The maximum atomic E-state index is 11.3. The number of rotatable bonds is 14. The fourth-order valence-corrected chi connectivity index (χ4v) is 4.35. The highest BCUT2D eigenvalue weighted by atomic mass is 16.6. The second-order valence-electron chi connectivity index (χ2n) is 8.77. The van der Waals surface area contributed by atoms with Crippen molar-refractivity contribution in [3.05, 3.63) is 24.3 Å². The number of hydrogen-bond donors (Lipinski definition) is 2. The Bertz CT molecular complexity index is 513. The number of aliphatic hydroxyl groups is 2. The first-order valence-corrected chi connectivity index (χ1v) is 11.3. The van der Waals surface area contributed by atoms with Crippen molar-refractivity contribution in [2.75, 3.05) is 27.7 Å². The van der Waals surface area contributed by atoms with Gasteiger partial charge in [0.2, 0.25) is 0 Å². The van der Waals surface area contributed by atoms with Crippen LogP contribution in [0.15, 0.2) is 24.3 Å². The number of carbonyl (C=O) groups is 1. The van der Waals surface area contributed by atoms with Gasteiger partial charge in [0.1, 0.15) is 0 Å². The van der Waals surface area contributed by atoms with E-state index in [1.54, 1.807) is 0 Å². The molecule has 5 heteroatoms. The van der Waals surface area contributed by atoms with Gasteiger partial charge in [0, 0.05) is 13.0 Å². The Morgan fingerprint density at radius 3 is 2.45 bits per heavy atom. The molecule has 0 aromatic heterocycles. The molecule has 0 aliphatic heterocycles. The molecule has 0 aromatic rings. The van der Waals surface area contributed by atoms with Gasteiger partial charge in [-0.1, -0.05) is 50.5 Å². The van der Waals surface area contributed by atoms with Crippen molar-refractivity contribution in [1.29, 1.82) is 0 Å². The number of unbranched alkanes of at least 4 members (excludes halogenated alkanes) is 4. The average Bonchev–Trinajstić information content (AvgIpc) is 3.04. The summed E-state index contributed by atoms with van der Waals surface area (Å²) in [5, 5.41) is 19.3. The number of ether oxygens (including phenoxy) is 1. The summed E-state index contributed by atoms with van der Waals surface area (Å²) in [6.45, 7) is 3.37. The Morgan fingerprint density at radius 1 is 1.07 bits per heavy atom. The molecule has 1 fully saturated rings. The van der Waals surface area contributed by atoms with Crippen LogP contribution in [0.25, 0.3) is 0 Å². The molecular weight excluding hydrogens is 366 g/mol. The quantitative estimate of drug-likeness (QED) is 0.194. The third kappa shape index (κ3) is 9.92. The highest BCUT2D eigenvalue weighted by Gasteiger charge is 2.34. The van der Waals surface area contributed by atoms with E-state index in [1.807, 2.05) is 6.08 Å². The van der Waals surface area contributed by atoms with Gasteiger partial charge in [-0.15, -0.1) is 0 Å². The van der Waals surface area contributed by atoms with Crippen LogP contribution in [0.4, 0.5) is 0 Å². The fraction of sp³-hybridized carbons (Fsp3) is 0.792. The first-order valence-electron chi connectivity index (χ1n) is 11.3. The van der Waals surface area contributed by atoms with Crippen LogP contribution in [0.2, 0.25) is 0 Å². The number of methoxy groups -OCH3 is 1. The molecule has 0 aromatic carbocycles. The topological polar surface area (TPSA) is 70.0 Å². The fourth-order valence-electron chi connectivity index (χ4n) is 4.35. The number of nitrogens with zero attached hydrogens (tertiary/aromatic N) is 1. The van der Waals surface area contributed by atoms with Crippen molar-refractivity contribution in [2.24, 2.45) is 17.8 Å². The molecule has 1 aliphatic carbocycles. The molecule has 0 bridgehead atoms. The summed E-state index contributed by atoms with van der Waals surface area (Å²) in [7, 11) is 5.45. The molecule has 168 valence electrons. The first-order chi connectivity index (χ1) is 13.8. The van der Waals surface area contributed by atoms with Gasteiger partial charge in [0.05, 0.1) is 7.11 Å². The predicted octanol–water partition coefficient (Wildman–Crippen LogP) is 4.30. The van der Waals surface area contributed by atoms with Crippen LogP contribution >= 0.6 is 0 Å². The van der Waals surface area contributed by atoms with Crippen LogP contribution in [0.5, 0.6) is 0 Å². The van der Waals surface area contributed by atoms with Gasteiger partial charge in [-0.2, -0.15) is 0 Å². The van der Waals surface area contributed by atoms with E-state index in [1.165, 1.54) is 44.9 Å². The van der Waals surface area contributed by atoms with Crippen LogP contribution in [-0.4, -0.2) is 54.6 Å². The van der Waals surface area contributed by atoms with E-state index in [2.05, 4.69) is 48.9 Å². The van der Waals surface area contributed by atoms with E-state index in [-0.39, 0.29) is 6.42 Å². The van der Waals surface area contributed by atoms with E-state index in [0.717, 1.165) is 20.1 Å². The Labute approximate surface area is 177 Å². The second kappa shape index (κ2) is 13.9. The van der Waals surface area contributed by atoms with Crippen LogP contribution in [0.3, 0.4) is 0 Å². The van der Waals surface area contributed by atoms with Crippen molar-refractivity contribution in [3.63, 3.8) is 0 Å². The Balaban J connectivity index is 2.53. The average molecular weight is 410 g/mol. The highest BCUT2D eigenvalue weighted by molar-refractivity contribution is 5.76.